The molecule has 0 spiro atoms. The molecule has 1 fully saturated rings. The minimum Gasteiger partial charge on any atom is -0.376 e. The van der Waals surface area contributed by atoms with Crippen molar-refractivity contribution in [2.24, 2.45) is 0 Å². The normalized spacial score (nSPS) is 17.4. The van der Waals surface area contributed by atoms with Crippen LogP contribution in [0.25, 0.3) is 16.6 Å². The number of benzene rings is 2. The van der Waals surface area contributed by atoms with Gasteiger partial charge >= 0.3 is 0 Å². The van der Waals surface area contributed by atoms with Crippen molar-refractivity contribution in [3.8, 4) is 0 Å². The molecule has 0 saturated carbocycles. The number of hydrogen-bond donors (Lipinski definition) is 2. The molecular formula is C26H24N4O4S2. The van der Waals surface area contributed by atoms with Crippen molar-refractivity contribution in [2.45, 2.75) is 31.9 Å². The zero-order valence-electron chi connectivity index (χ0n) is 19.4. The molecule has 2 N–H and O–H groups in total. The maximum atomic E-state index is 13.4. The summed E-state index contributed by atoms with van der Waals surface area (Å²) in [7, 11) is 0. The van der Waals surface area contributed by atoms with Gasteiger partial charge in [-0.1, -0.05) is 35.6 Å². The van der Waals surface area contributed by atoms with E-state index < -0.39 is 0 Å². The summed E-state index contributed by atoms with van der Waals surface area (Å²) >= 11 is 6.73. The summed E-state index contributed by atoms with van der Waals surface area (Å²) < 4.78 is 7.68. The molecule has 0 radical (unpaired) electrons. The van der Waals surface area contributed by atoms with Crippen LogP contribution in [0.1, 0.15) is 44.0 Å². The zero-order valence-corrected chi connectivity index (χ0v) is 21.0. The lowest BCUT2D eigenvalue weighted by Crippen LogP contribution is -2.36. The fourth-order valence-corrected chi connectivity index (χ4v) is 6.32. The van der Waals surface area contributed by atoms with E-state index in [-0.39, 0.29) is 23.5 Å². The summed E-state index contributed by atoms with van der Waals surface area (Å²) in [6, 6.07) is 13.2. The van der Waals surface area contributed by atoms with E-state index in [0.717, 1.165) is 36.2 Å². The van der Waals surface area contributed by atoms with Crippen LogP contribution in [-0.4, -0.2) is 51.9 Å². The molecule has 2 aliphatic rings. The van der Waals surface area contributed by atoms with E-state index in [2.05, 4.69) is 16.4 Å². The van der Waals surface area contributed by atoms with Crippen LogP contribution >= 0.6 is 23.6 Å². The molecule has 0 unspecified atom stereocenters. The molecule has 4 heterocycles. The van der Waals surface area contributed by atoms with E-state index in [1.54, 1.807) is 22.6 Å². The topological polar surface area (TPSA) is 95.9 Å². The summed E-state index contributed by atoms with van der Waals surface area (Å²) in [5.41, 5.74) is 3.40. The highest BCUT2D eigenvalue weighted by atomic mass is 32.1. The van der Waals surface area contributed by atoms with Gasteiger partial charge in [0.15, 0.2) is 3.95 Å². The van der Waals surface area contributed by atoms with Crippen molar-refractivity contribution in [1.82, 2.24) is 19.6 Å². The predicted molar refractivity (Wildman–Crippen MR) is 140 cm³/mol. The first-order chi connectivity index (χ1) is 17.5. The van der Waals surface area contributed by atoms with Gasteiger partial charge in [-0.3, -0.25) is 18.8 Å². The number of hydrogen-bond acceptors (Lipinski definition) is 6. The second kappa shape index (κ2) is 9.27. The molecule has 2 amide bonds. The third kappa shape index (κ3) is 4.04. The molecule has 0 bridgehead atoms. The maximum absolute atomic E-state index is 13.4. The largest absolute Gasteiger partial charge is 0.376 e. The molecule has 2 aromatic carbocycles. The van der Waals surface area contributed by atoms with Crippen LogP contribution in [0.2, 0.25) is 0 Å². The van der Waals surface area contributed by atoms with Crippen LogP contribution in [-0.2, 0) is 17.7 Å². The molecule has 2 aliphatic heterocycles. The molecule has 36 heavy (non-hydrogen) atoms. The van der Waals surface area contributed by atoms with Gasteiger partial charge in [0.2, 0.25) is 0 Å². The molecule has 1 atom stereocenters. The zero-order chi connectivity index (χ0) is 24.8. The Morgan fingerprint density at radius 3 is 2.83 bits per heavy atom. The molecule has 0 aliphatic carbocycles. The summed E-state index contributed by atoms with van der Waals surface area (Å²) in [6.07, 6.45) is 2.71. The maximum Gasteiger partial charge on any atom is 0.265 e. The monoisotopic (exact) mass is 520 g/mol. The van der Waals surface area contributed by atoms with Crippen molar-refractivity contribution >= 4 is 51.9 Å². The number of H-pyrrole nitrogens is 1. The standard InChI is InChI=1S/C26H24N4O4S2/c31-23-19-8-7-16(25(33)29-10-9-15-4-1-2-5-17(15)14-29)12-20(19)30-22(28-23)21(36-26(30)35)24(32)27-13-18-6-3-11-34-18/h1-2,4-5,7-8,12,18H,3,6,9-11,13-14H2,(H,27,32)(H,28,31)/t18-/m0/s1. The average molecular weight is 521 g/mol. The van der Waals surface area contributed by atoms with Crippen LogP contribution in [0.5, 0.6) is 0 Å². The number of rotatable bonds is 4. The van der Waals surface area contributed by atoms with Crippen LogP contribution in [0.3, 0.4) is 0 Å². The first-order valence-corrected chi connectivity index (χ1v) is 13.2. The van der Waals surface area contributed by atoms with E-state index in [9.17, 15) is 14.4 Å². The van der Waals surface area contributed by atoms with Crippen molar-refractivity contribution in [2.75, 3.05) is 19.7 Å². The number of carbonyl (C=O) groups excluding carboxylic acids is 2. The van der Waals surface area contributed by atoms with Gasteiger partial charge in [-0.05, 0) is 60.8 Å². The number of nitrogens with zero attached hydrogens (tertiary/aromatic N) is 2. The minimum absolute atomic E-state index is 0.00556. The summed E-state index contributed by atoms with van der Waals surface area (Å²) in [5, 5.41) is 3.30. The van der Waals surface area contributed by atoms with Gasteiger partial charge in [-0.15, -0.1) is 0 Å². The number of carbonyl (C=O) groups is 2. The van der Waals surface area contributed by atoms with E-state index >= 15 is 0 Å². The quantitative estimate of drug-likeness (QED) is 0.400. The number of thiazole rings is 1. The Labute approximate surface area is 215 Å². The summed E-state index contributed by atoms with van der Waals surface area (Å²) in [6.45, 7) is 2.29. The third-order valence-electron chi connectivity index (χ3n) is 6.91. The van der Waals surface area contributed by atoms with Gasteiger partial charge in [0.25, 0.3) is 17.4 Å². The first kappa shape index (κ1) is 23.1. The van der Waals surface area contributed by atoms with Crippen molar-refractivity contribution < 1.29 is 14.3 Å². The average Bonchev–Trinajstić information content (AvgIpc) is 3.54. The molecule has 6 rings (SSSR count). The minimum atomic E-state index is -0.336. The number of ether oxygens (including phenoxy) is 1. The van der Waals surface area contributed by atoms with Crippen LogP contribution in [0.4, 0.5) is 0 Å². The van der Waals surface area contributed by atoms with Gasteiger partial charge in [-0.25, -0.2) is 0 Å². The molecule has 1 saturated heterocycles. The molecule has 10 heteroatoms. The van der Waals surface area contributed by atoms with E-state index in [0.29, 0.717) is 57.2 Å². The highest BCUT2D eigenvalue weighted by Gasteiger charge is 2.24. The Balaban J connectivity index is 1.36. The van der Waals surface area contributed by atoms with Crippen molar-refractivity contribution in [3.05, 3.63) is 78.3 Å². The summed E-state index contributed by atoms with van der Waals surface area (Å²) in [4.78, 5) is 44.3. The fourth-order valence-electron chi connectivity index (χ4n) is 5.02. The first-order valence-electron chi connectivity index (χ1n) is 12.0. The van der Waals surface area contributed by atoms with E-state index in [1.807, 2.05) is 23.1 Å². The van der Waals surface area contributed by atoms with Crippen LogP contribution < -0.4 is 10.9 Å². The number of aromatic nitrogens is 2. The van der Waals surface area contributed by atoms with Crippen LogP contribution in [0, 0.1) is 3.95 Å². The third-order valence-corrected chi connectivity index (χ3v) is 8.28. The number of nitrogens with one attached hydrogen (secondary N) is 2. The van der Waals surface area contributed by atoms with Gasteiger partial charge in [0, 0.05) is 31.8 Å². The lowest BCUT2D eigenvalue weighted by atomic mass is 9.99. The smallest absolute Gasteiger partial charge is 0.265 e. The second-order valence-electron chi connectivity index (χ2n) is 9.16. The Kier molecular flexibility index (Phi) is 5.94. The lowest BCUT2D eigenvalue weighted by Gasteiger charge is -2.29. The molecule has 2 aromatic heterocycles. The van der Waals surface area contributed by atoms with E-state index in [1.165, 1.54) is 5.56 Å². The van der Waals surface area contributed by atoms with Gasteiger partial charge < -0.3 is 19.9 Å². The highest BCUT2D eigenvalue weighted by molar-refractivity contribution is 7.73. The second-order valence-corrected chi connectivity index (χ2v) is 10.8. The fraction of sp³-hybridized carbons (Fsp3) is 0.308. The van der Waals surface area contributed by atoms with Crippen molar-refractivity contribution in [1.29, 1.82) is 0 Å². The Hall–Kier alpha value is -3.34. The van der Waals surface area contributed by atoms with Crippen LogP contribution in [0.15, 0.2) is 47.3 Å². The number of aromatic amines is 1. The molecule has 184 valence electrons. The molecule has 8 nitrogen and oxygen atoms in total. The Morgan fingerprint density at radius 1 is 1.19 bits per heavy atom. The van der Waals surface area contributed by atoms with Crippen molar-refractivity contribution in [3.63, 3.8) is 0 Å². The van der Waals surface area contributed by atoms with E-state index in [4.69, 9.17) is 17.0 Å². The van der Waals surface area contributed by atoms with Gasteiger partial charge in [-0.2, -0.15) is 0 Å². The molecule has 4 aromatic rings. The lowest BCUT2D eigenvalue weighted by molar-refractivity contribution is 0.0734. The van der Waals surface area contributed by atoms with Gasteiger partial charge in [0.1, 0.15) is 10.5 Å². The van der Waals surface area contributed by atoms with Gasteiger partial charge in [0.05, 0.1) is 17.0 Å². The summed E-state index contributed by atoms with van der Waals surface area (Å²) in [5.74, 6) is -0.408. The Bertz CT molecular complexity index is 1630. The number of amides is 2. The highest BCUT2D eigenvalue weighted by Crippen LogP contribution is 2.25. The SMILES string of the molecule is O=C(NC[C@@H]1CCCO1)c1sc(=S)n2c1[nH]c(=O)c1ccc(C(=O)N3CCc4ccccc4C3)cc12. The molecular weight excluding hydrogens is 496 g/mol. The Morgan fingerprint density at radius 2 is 2.03 bits per heavy atom. The predicted octanol–water partition coefficient (Wildman–Crippen LogP) is 3.68. The number of fused-ring (bicyclic) bond motifs is 4.